The summed E-state index contributed by atoms with van der Waals surface area (Å²) in [5.41, 5.74) is 2.89. The molecule has 0 aromatic heterocycles. The van der Waals surface area contributed by atoms with Gasteiger partial charge in [0.1, 0.15) is 55.1 Å². The number of nitrogens with zero attached hydrogens (tertiary/aromatic N) is 2. The molecule has 0 spiro atoms. The van der Waals surface area contributed by atoms with Crippen LogP contribution in [0.15, 0.2) is 94.7 Å². The Bertz CT molecular complexity index is 2410. The van der Waals surface area contributed by atoms with Gasteiger partial charge in [0.15, 0.2) is 0 Å². The Morgan fingerprint density at radius 1 is 0.697 bits per heavy atom. The van der Waals surface area contributed by atoms with Crippen molar-refractivity contribution >= 4 is 70.5 Å². The molecule has 4 N–H and O–H groups in total. The average molecular weight is 927 g/mol. The summed E-state index contributed by atoms with van der Waals surface area (Å²) < 4.78 is 27.4. The maximum absolute atomic E-state index is 13.4. The predicted octanol–water partition coefficient (Wildman–Crippen LogP) is 4.91. The maximum atomic E-state index is 13.4. The fraction of sp³-hybridized carbons (Fsp3) is 0.340. The molecule has 4 aromatic carbocycles. The number of carbonyl (C=O) groups is 7. The molecule has 0 bridgehead atoms. The minimum absolute atomic E-state index is 0.0345. The molecule has 18 nitrogen and oxygen atoms in total. The summed E-state index contributed by atoms with van der Waals surface area (Å²) in [6.45, 7) is 4.76. The Labute approximate surface area is 387 Å². The van der Waals surface area contributed by atoms with Gasteiger partial charge in [-0.25, -0.2) is 4.79 Å². The lowest BCUT2D eigenvalue weighted by Gasteiger charge is -2.35. The van der Waals surface area contributed by atoms with Crippen molar-refractivity contribution in [3.8, 4) is 11.5 Å². The zero-order valence-corrected chi connectivity index (χ0v) is 38.6. The van der Waals surface area contributed by atoms with Crippen molar-refractivity contribution in [2.75, 3.05) is 50.7 Å². The molecule has 1 heterocycles. The number of methoxy groups -OCH3 is 2. The maximum Gasteiger partial charge on any atom is 0.408 e. The van der Waals surface area contributed by atoms with Gasteiger partial charge < -0.3 is 49.9 Å². The van der Waals surface area contributed by atoms with Gasteiger partial charge in [0, 0.05) is 31.0 Å². The highest BCUT2D eigenvalue weighted by Gasteiger charge is 2.33. The van der Waals surface area contributed by atoms with Crippen molar-refractivity contribution in [3.63, 3.8) is 0 Å². The Hall–Kier alpha value is -7.28. The van der Waals surface area contributed by atoms with Crippen LogP contribution in [0.4, 0.5) is 21.9 Å². The van der Waals surface area contributed by atoms with Gasteiger partial charge in [-0.05, 0) is 56.2 Å². The van der Waals surface area contributed by atoms with Crippen molar-refractivity contribution in [2.24, 2.45) is 0 Å². The lowest BCUT2D eigenvalue weighted by atomic mass is 10.1. The van der Waals surface area contributed by atoms with Gasteiger partial charge in [-0.3, -0.25) is 33.7 Å². The molecule has 4 aromatic rings. The van der Waals surface area contributed by atoms with Crippen molar-refractivity contribution in [1.29, 1.82) is 0 Å². The SMILES string of the molecule is COc1ccc2c(c1CNC(=O)CNC(=O)[C@H](CC(=O)OC(C)(C)C)NC(=O)OCc1ccccc1)Sc1c(ccc(OC)c1N(CC(=O)NCC(=O)OCc1ccccc1)C(C)=O)N2C. The summed E-state index contributed by atoms with van der Waals surface area (Å²) in [6, 6.07) is 23.6. The third-order valence-corrected chi connectivity index (χ3v) is 11.0. The second kappa shape index (κ2) is 23.1. The number of benzene rings is 4. The van der Waals surface area contributed by atoms with Gasteiger partial charge in [-0.1, -0.05) is 72.4 Å². The highest BCUT2D eigenvalue weighted by atomic mass is 32.2. The monoisotopic (exact) mass is 926 g/mol. The van der Waals surface area contributed by atoms with E-state index in [1.165, 1.54) is 37.8 Å². The fourth-order valence-electron chi connectivity index (χ4n) is 6.61. The number of rotatable bonds is 19. The van der Waals surface area contributed by atoms with Gasteiger partial charge in [-0.15, -0.1) is 0 Å². The highest BCUT2D eigenvalue weighted by molar-refractivity contribution is 8.00. The number of nitrogens with one attached hydrogen (secondary N) is 4. The Morgan fingerprint density at radius 2 is 1.29 bits per heavy atom. The summed E-state index contributed by atoms with van der Waals surface area (Å²) in [6.07, 6.45) is -1.49. The highest BCUT2D eigenvalue weighted by Crippen LogP contribution is 2.56. The van der Waals surface area contributed by atoms with E-state index in [4.69, 9.17) is 23.7 Å². The van der Waals surface area contributed by atoms with Crippen LogP contribution in [0.25, 0.3) is 0 Å². The van der Waals surface area contributed by atoms with Gasteiger partial charge in [-0.2, -0.15) is 0 Å². The number of fused-ring (bicyclic) bond motifs is 2. The molecule has 0 saturated heterocycles. The molecule has 0 unspecified atom stereocenters. The van der Waals surface area contributed by atoms with E-state index in [0.29, 0.717) is 43.8 Å². The first-order valence-electron chi connectivity index (χ1n) is 20.8. The van der Waals surface area contributed by atoms with Crippen LogP contribution in [0.2, 0.25) is 0 Å². The Morgan fingerprint density at radius 3 is 1.88 bits per heavy atom. The Kier molecular flexibility index (Phi) is 17.4. The van der Waals surface area contributed by atoms with Crippen LogP contribution >= 0.6 is 11.8 Å². The van der Waals surface area contributed by atoms with Gasteiger partial charge in [0.25, 0.3) is 0 Å². The molecule has 1 aliphatic rings. The van der Waals surface area contributed by atoms with Crippen molar-refractivity contribution in [1.82, 2.24) is 21.3 Å². The molecule has 0 fully saturated rings. The number of amides is 5. The predicted molar refractivity (Wildman–Crippen MR) is 244 cm³/mol. The van der Waals surface area contributed by atoms with Crippen LogP contribution < -0.4 is 40.5 Å². The van der Waals surface area contributed by atoms with E-state index in [9.17, 15) is 33.6 Å². The lowest BCUT2D eigenvalue weighted by molar-refractivity contribution is -0.156. The number of esters is 2. The summed E-state index contributed by atoms with van der Waals surface area (Å²) in [4.78, 5) is 95.6. The van der Waals surface area contributed by atoms with Gasteiger partial charge in [0.2, 0.25) is 23.6 Å². The molecule has 350 valence electrons. The molecule has 66 heavy (non-hydrogen) atoms. The average Bonchev–Trinajstić information content (AvgIpc) is 3.29. The third kappa shape index (κ3) is 13.9. The molecule has 0 saturated carbocycles. The molecule has 19 heteroatoms. The van der Waals surface area contributed by atoms with Crippen molar-refractivity contribution in [2.45, 2.75) is 75.3 Å². The molecular formula is C47H54N6O12S. The van der Waals surface area contributed by atoms with Crippen molar-refractivity contribution in [3.05, 3.63) is 102 Å². The minimum Gasteiger partial charge on any atom is -0.496 e. The van der Waals surface area contributed by atoms with Crippen LogP contribution in [0, 0.1) is 0 Å². The first kappa shape index (κ1) is 49.7. The molecule has 0 radical (unpaired) electrons. The van der Waals surface area contributed by atoms with Crippen LogP contribution in [0.5, 0.6) is 11.5 Å². The fourth-order valence-corrected chi connectivity index (χ4v) is 8.03. The van der Waals surface area contributed by atoms with Gasteiger partial charge in [0.05, 0.1) is 43.5 Å². The zero-order valence-electron chi connectivity index (χ0n) is 37.8. The van der Waals surface area contributed by atoms with E-state index in [2.05, 4.69) is 21.3 Å². The largest absolute Gasteiger partial charge is 0.496 e. The number of hydrogen-bond acceptors (Lipinski definition) is 14. The van der Waals surface area contributed by atoms with E-state index in [0.717, 1.165) is 11.3 Å². The van der Waals surface area contributed by atoms with E-state index in [1.54, 1.807) is 69.3 Å². The molecule has 1 aliphatic heterocycles. The number of anilines is 3. The summed E-state index contributed by atoms with van der Waals surface area (Å²) >= 11 is 1.27. The van der Waals surface area contributed by atoms with Crippen LogP contribution in [0.1, 0.15) is 50.8 Å². The summed E-state index contributed by atoms with van der Waals surface area (Å²) in [5, 5.41) is 10.2. The number of alkyl carbamates (subject to hydrolysis) is 1. The zero-order chi connectivity index (χ0) is 48.0. The molecule has 5 rings (SSSR count). The smallest absolute Gasteiger partial charge is 0.408 e. The molecule has 0 aliphatic carbocycles. The quantitative estimate of drug-likeness (QED) is 0.0726. The standard InChI is InChI=1S/C47H54N6O12S/c1-29(54)53(26-39(56)49-25-41(58)63-27-30-14-10-8-11-15-30)42-37(62-7)21-19-35-44(42)66-43-32(36(61-6)20-18-34(43)52(35)5)23-48-38(55)24-50-45(59)33(22-40(57)65-47(2,3)4)51-46(60)64-28-31-16-12-9-13-17-31/h8-21,33H,22-28H2,1-7H3,(H,48,55)(H,49,56)(H,50,59)(H,51,60)/t33-/m0/s1. The normalized spacial score (nSPS) is 12.0. The van der Waals surface area contributed by atoms with E-state index in [-0.39, 0.29) is 19.8 Å². The molecule has 1 atom stereocenters. The van der Waals surface area contributed by atoms with Crippen LogP contribution in [-0.2, 0) is 62.7 Å². The number of carbonyl (C=O) groups excluding carboxylic acids is 7. The summed E-state index contributed by atoms with van der Waals surface area (Å²) in [5.74, 6) is -3.24. The second-order valence-corrected chi connectivity index (χ2v) is 16.8. The first-order valence-corrected chi connectivity index (χ1v) is 21.6. The van der Waals surface area contributed by atoms with Crippen LogP contribution in [0.3, 0.4) is 0 Å². The van der Waals surface area contributed by atoms with Crippen LogP contribution in [-0.4, -0.2) is 94.2 Å². The van der Waals surface area contributed by atoms with E-state index >= 15 is 0 Å². The number of hydrogen-bond donors (Lipinski definition) is 4. The minimum atomic E-state index is -1.43. The lowest BCUT2D eigenvalue weighted by Crippen LogP contribution is -2.50. The van der Waals surface area contributed by atoms with Crippen molar-refractivity contribution < 1.29 is 57.2 Å². The topological polar surface area (TPSA) is 220 Å². The number of ether oxygens (including phenoxy) is 5. The van der Waals surface area contributed by atoms with Gasteiger partial charge >= 0.3 is 18.0 Å². The third-order valence-electron chi connectivity index (χ3n) is 9.76. The van der Waals surface area contributed by atoms with E-state index in [1.807, 2.05) is 48.3 Å². The Balaban J connectivity index is 1.29. The summed E-state index contributed by atoms with van der Waals surface area (Å²) in [7, 11) is 4.74. The molecular weight excluding hydrogens is 873 g/mol. The van der Waals surface area contributed by atoms with E-state index < -0.39 is 79.4 Å². The second-order valence-electron chi connectivity index (χ2n) is 15.8. The molecule has 5 amide bonds. The first-order chi connectivity index (χ1) is 31.5.